The van der Waals surface area contributed by atoms with E-state index < -0.39 is 12.1 Å². The zero-order chi connectivity index (χ0) is 15.2. The molecule has 8 nitrogen and oxygen atoms in total. The molecule has 5 N–H and O–H groups in total. The minimum absolute atomic E-state index is 0.140. The standard InChI is InChI=1S/C13H26N6O2/c1-10(18-6-2-15-3-7-18)13(21)17-12(11(14)20)19-8-4-16-5-9-19/h10,12,15-16H,2-9H2,1H3,(H2,14,20)(H,17,21). The van der Waals surface area contributed by atoms with Gasteiger partial charge < -0.3 is 21.7 Å². The Kier molecular flexibility index (Phi) is 5.92. The molecule has 2 aliphatic heterocycles. The molecule has 2 atom stereocenters. The van der Waals surface area contributed by atoms with E-state index in [1.54, 1.807) is 0 Å². The number of nitrogens with zero attached hydrogens (tertiary/aromatic N) is 2. The molecular weight excluding hydrogens is 272 g/mol. The van der Waals surface area contributed by atoms with Gasteiger partial charge in [-0.15, -0.1) is 0 Å². The number of hydrogen-bond donors (Lipinski definition) is 4. The van der Waals surface area contributed by atoms with E-state index in [2.05, 4.69) is 20.9 Å². The molecule has 2 aliphatic rings. The fraction of sp³-hybridized carbons (Fsp3) is 0.846. The van der Waals surface area contributed by atoms with Crippen molar-refractivity contribution in [3.05, 3.63) is 0 Å². The molecule has 2 unspecified atom stereocenters. The van der Waals surface area contributed by atoms with Crippen LogP contribution in [0.2, 0.25) is 0 Å². The summed E-state index contributed by atoms with van der Waals surface area (Å²) in [5.41, 5.74) is 5.46. The lowest BCUT2D eigenvalue weighted by Crippen LogP contribution is -2.62. The minimum Gasteiger partial charge on any atom is -0.367 e. The summed E-state index contributed by atoms with van der Waals surface area (Å²) in [4.78, 5) is 28.1. The maximum atomic E-state index is 12.4. The van der Waals surface area contributed by atoms with Gasteiger partial charge in [0.15, 0.2) is 6.17 Å². The summed E-state index contributed by atoms with van der Waals surface area (Å²) in [5.74, 6) is -0.642. The van der Waals surface area contributed by atoms with Crippen molar-refractivity contribution in [1.82, 2.24) is 25.8 Å². The molecule has 0 aromatic heterocycles. The molecule has 0 radical (unpaired) electrons. The number of hydrogen-bond acceptors (Lipinski definition) is 6. The van der Waals surface area contributed by atoms with E-state index >= 15 is 0 Å². The van der Waals surface area contributed by atoms with Crippen molar-refractivity contribution < 1.29 is 9.59 Å². The zero-order valence-corrected chi connectivity index (χ0v) is 12.6. The summed E-state index contributed by atoms with van der Waals surface area (Å²) in [5, 5.41) is 9.28. The SMILES string of the molecule is CC(C(=O)NC(C(N)=O)N1CCNCC1)N1CCNCC1. The van der Waals surface area contributed by atoms with E-state index in [-0.39, 0.29) is 11.9 Å². The zero-order valence-electron chi connectivity index (χ0n) is 12.6. The minimum atomic E-state index is -0.718. The van der Waals surface area contributed by atoms with Gasteiger partial charge in [-0.3, -0.25) is 19.4 Å². The fourth-order valence-electron chi connectivity index (χ4n) is 2.77. The number of carbonyl (C=O) groups is 2. The molecule has 0 aliphatic carbocycles. The van der Waals surface area contributed by atoms with Crippen LogP contribution in [0.25, 0.3) is 0 Å². The van der Waals surface area contributed by atoms with Gasteiger partial charge in [0.25, 0.3) is 5.91 Å². The van der Waals surface area contributed by atoms with Crippen LogP contribution in [-0.4, -0.2) is 86.2 Å². The maximum absolute atomic E-state index is 12.4. The van der Waals surface area contributed by atoms with Crippen molar-refractivity contribution in [3.63, 3.8) is 0 Å². The Hall–Kier alpha value is -1.22. The van der Waals surface area contributed by atoms with Crippen molar-refractivity contribution >= 4 is 11.8 Å². The summed E-state index contributed by atoms with van der Waals surface area (Å²) < 4.78 is 0. The monoisotopic (exact) mass is 298 g/mol. The highest BCUT2D eigenvalue weighted by molar-refractivity contribution is 5.88. The predicted octanol–water partition coefficient (Wildman–Crippen LogP) is -2.89. The Morgan fingerprint density at radius 1 is 1.00 bits per heavy atom. The number of carbonyl (C=O) groups excluding carboxylic acids is 2. The Bertz CT molecular complexity index is 366. The number of nitrogens with two attached hydrogens (primary N) is 1. The van der Waals surface area contributed by atoms with Crippen molar-refractivity contribution in [3.8, 4) is 0 Å². The van der Waals surface area contributed by atoms with E-state index in [1.165, 1.54) is 0 Å². The number of nitrogens with one attached hydrogen (secondary N) is 3. The lowest BCUT2D eigenvalue weighted by molar-refractivity contribution is -0.134. The van der Waals surface area contributed by atoms with E-state index in [1.807, 2.05) is 11.8 Å². The second-order valence-corrected chi connectivity index (χ2v) is 5.56. The number of primary amides is 1. The number of rotatable bonds is 5. The van der Waals surface area contributed by atoms with Gasteiger partial charge in [-0.25, -0.2) is 0 Å². The molecule has 0 saturated carbocycles. The van der Waals surface area contributed by atoms with E-state index in [0.29, 0.717) is 13.1 Å². The Labute approximate surface area is 125 Å². The highest BCUT2D eigenvalue weighted by Crippen LogP contribution is 2.04. The summed E-state index contributed by atoms with van der Waals surface area (Å²) in [7, 11) is 0. The van der Waals surface area contributed by atoms with Crippen LogP contribution in [0.15, 0.2) is 0 Å². The molecular formula is C13H26N6O2. The van der Waals surface area contributed by atoms with Crippen molar-refractivity contribution in [2.75, 3.05) is 52.4 Å². The number of amides is 2. The highest BCUT2D eigenvalue weighted by Gasteiger charge is 2.30. The van der Waals surface area contributed by atoms with Crippen LogP contribution in [0, 0.1) is 0 Å². The lowest BCUT2D eigenvalue weighted by Gasteiger charge is -2.36. The van der Waals surface area contributed by atoms with Gasteiger partial charge in [-0.1, -0.05) is 0 Å². The quantitative estimate of drug-likeness (QED) is 0.435. The third kappa shape index (κ3) is 4.37. The highest BCUT2D eigenvalue weighted by atomic mass is 16.2. The first kappa shape index (κ1) is 16.2. The molecule has 21 heavy (non-hydrogen) atoms. The van der Waals surface area contributed by atoms with E-state index in [9.17, 15) is 9.59 Å². The average molecular weight is 298 g/mol. The fourth-order valence-corrected chi connectivity index (χ4v) is 2.77. The number of piperazine rings is 2. The van der Waals surface area contributed by atoms with Gasteiger partial charge in [0.05, 0.1) is 6.04 Å². The molecule has 0 aromatic rings. The third-order valence-corrected chi connectivity index (χ3v) is 4.14. The molecule has 2 fully saturated rings. The topological polar surface area (TPSA) is 103 Å². The van der Waals surface area contributed by atoms with Gasteiger partial charge in [0.1, 0.15) is 0 Å². The van der Waals surface area contributed by atoms with Crippen LogP contribution in [0.1, 0.15) is 6.92 Å². The first-order valence-electron chi connectivity index (χ1n) is 7.59. The van der Waals surface area contributed by atoms with Gasteiger partial charge in [0.2, 0.25) is 5.91 Å². The van der Waals surface area contributed by atoms with Crippen LogP contribution in [0.3, 0.4) is 0 Å². The molecule has 0 spiro atoms. The molecule has 120 valence electrons. The van der Waals surface area contributed by atoms with E-state index in [4.69, 9.17) is 5.73 Å². The normalized spacial score (nSPS) is 24.2. The predicted molar refractivity (Wildman–Crippen MR) is 79.5 cm³/mol. The van der Waals surface area contributed by atoms with Crippen LogP contribution in [-0.2, 0) is 9.59 Å². The Morgan fingerprint density at radius 2 is 1.48 bits per heavy atom. The van der Waals surface area contributed by atoms with Gasteiger partial charge in [-0.05, 0) is 6.92 Å². The molecule has 8 heteroatoms. The molecule has 0 aromatic carbocycles. The van der Waals surface area contributed by atoms with Crippen LogP contribution in [0.5, 0.6) is 0 Å². The molecule has 2 rings (SSSR count). The van der Waals surface area contributed by atoms with Crippen LogP contribution >= 0.6 is 0 Å². The van der Waals surface area contributed by atoms with Gasteiger partial charge >= 0.3 is 0 Å². The lowest BCUT2D eigenvalue weighted by atomic mass is 10.2. The molecule has 2 heterocycles. The summed E-state index contributed by atoms with van der Waals surface area (Å²) in [6.07, 6.45) is -0.718. The van der Waals surface area contributed by atoms with Crippen molar-refractivity contribution in [2.24, 2.45) is 5.73 Å². The Balaban J connectivity index is 1.92. The Morgan fingerprint density at radius 3 is 1.95 bits per heavy atom. The molecule has 2 saturated heterocycles. The first-order chi connectivity index (χ1) is 10.1. The van der Waals surface area contributed by atoms with E-state index in [0.717, 1.165) is 39.3 Å². The second-order valence-electron chi connectivity index (χ2n) is 5.56. The second kappa shape index (κ2) is 7.69. The van der Waals surface area contributed by atoms with Gasteiger partial charge in [0, 0.05) is 52.4 Å². The largest absolute Gasteiger partial charge is 0.367 e. The molecule has 2 amide bonds. The van der Waals surface area contributed by atoms with Crippen LogP contribution < -0.4 is 21.7 Å². The van der Waals surface area contributed by atoms with Crippen molar-refractivity contribution in [2.45, 2.75) is 19.1 Å². The van der Waals surface area contributed by atoms with Crippen LogP contribution in [0.4, 0.5) is 0 Å². The van der Waals surface area contributed by atoms with Gasteiger partial charge in [-0.2, -0.15) is 0 Å². The third-order valence-electron chi connectivity index (χ3n) is 4.14. The average Bonchev–Trinajstić information content (AvgIpc) is 2.53. The summed E-state index contributed by atoms with van der Waals surface area (Å²) in [6.45, 7) is 8.32. The molecule has 0 bridgehead atoms. The maximum Gasteiger partial charge on any atom is 0.255 e. The smallest absolute Gasteiger partial charge is 0.255 e. The summed E-state index contributed by atoms with van der Waals surface area (Å²) >= 11 is 0. The van der Waals surface area contributed by atoms with Crippen molar-refractivity contribution in [1.29, 1.82) is 0 Å². The first-order valence-corrected chi connectivity index (χ1v) is 7.59. The summed E-state index contributed by atoms with van der Waals surface area (Å²) in [6, 6.07) is -0.253.